The maximum absolute atomic E-state index is 13.2. The van der Waals surface area contributed by atoms with Gasteiger partial charge in [-0.3, -0.25) is 9.69 Å². The third-order valence-corrected chi connectivity index (χ3v) is 9.35. The Morgan fingerprint density at radius 2 is 1.78 bits per heavy atom. The zero-order valence-corrected chi connectivity index (χ0v) is 23.7. The Hall–Kier alpha value is -2.79. The van der Waals surface area contributed by atoms with Crippen LogP contribution in [0, 0.1) is 5.92 Å². The normalized spacial score (nSPS) is 15.5. The number of benzene rings is 2. The molecule has 10 heteroatoms. The second-order valence-corrected chi connectivity index (χ2v) is 12.6. The van der Waals surface area contributed by atoms with E-state index in [1.54, 1.807) is 33.9 Å². The molecule has 0 bridgehead atoms. The molecule has 1 fully saturated rings. The molecule has 7 nitrogen and oxygen atoms in total. The van der Waals surface area contributed by atoms with Gasteiger partial charge in [0.15, 0.2) is 0 Å². The van der Waals surface area contributed by atoms with Crippen LogP contribution in [-0.2, 0) is 14.8 Å². The minimum Gasteiger partial charge on any atom is -0.293 e. The molecule has 0 aliphatic carbocycles. The van der Waals surface area contributed by atoms with Crippen molar-refractivity contribution in [3.8, 4) is 16.9 Å². The Balaban J connectivity index is 1.82. The third-order valence-electron chi connectivity index (χ3n) is 5.92. The Kier molecular flexibility index (Phi) is 8.33. The number of sulfonamides is 1. The van der Waals surface area contributed by atoms with Gasteiger partial charge in [-0.15, -0.1) is 0 Å². The van der Waals surface area contributed by atoms with E-state index in [0.29, 0.717) is 45.7 Å². The standard InChI is InChI=1S/C27H30N4O3S3/c1-5-29(6-2)37(33,34)23-14-10-11-20(15-23)25-21(18-31(28-25)22-12-8-7-9-13-22)16-24-26(32)30(17-19(3)4)27(35)36-24/h7-16,18-19H,5-6,17H2,1-4H3/b24-16-. The molecule has 0 saturated carbocycles. The van der Waals surface area contributed by atoms with E-state index >= 15 is 0 Å². The first kappa shape index (κ1) is 27.3. The summed E-state index contributed by atoms with van der Waals surface area (Å²) >= 11 is 6.75. The molecular weight excluding hydrogens is 525 g/mol. The van der Waals surface area contributed by atoms with E-state index in [0.717, 1.165) is 5.69 Å². The van der Waals surface area contributed by atoms with Gasteiger partial charge in [0.25, 0.3) is 5.91 Å². The summed E-state index contributed by atoms with van der Waals surface area (Å²) < 4.78 is 30.1. The molecule has 1 aliphatic heterocycles. The maximum Gasteiger partial charge on any atom is 0.266 e. The van der Waals surface area contributed by atoms with E-state index in [9.17, 15) is 13.2 Å². The number of amides is 1. The van der Waals surface area contributed by atoms with Crippen molar-refractivity contribution in [2.75, 3.05) is 19.6 Å². The van der Waals surface area contributed by atoms with Crippen molar-refractivity contribution >= 4 is 50.3 Å². The first-order valence-electron chi connectivity index (χ1n) is 12.2. The lowest BCUT2D eigenvalue weighted by molar-refractivity contribution is -0.122. The van der Waals surface area contributed by atoms with Crippen LogP contribution in [0.1, 0.15) is 33.3 Å². The number of hydrogen-bond acceptors (Lipinski definition) is 6. The number of nitrogens with zero attached hydrogens (tertiary/aromatic N) is 4. The average Bonchev–Trinajstić information content (AvgIpc) is 3.41. The van der Waals surface area contributed by atoms with Crippen LogP contribution >= 0.6 is 24.0 Å². The fourth-order valence-corrected chi connectivity index (χ4v) is 6.88. The minimum atomic E-state index is -3.65. The number of para-hydroxylation sites is 1. The highest BCUT2D eigenvalue weighted by molar-refractivity contribution is 8.26. The van der Waals surface area contributed by atoms with E-state index in [1.807, 2.05) is 70.3 Å². The summed E-state index contributed by atoms with van der Waals surface area (Å²) in [7, 11) is -3.65. The predicted molar refractivity (Wildman–Crippen MR) is 154 cm³/mol. The molecule has 4 rings (SSSR count). The molecule has 0 spiro atoms. The topological polar surface area (TPSA) is 75.5 Å². The highest BCUT2D eigenvalue weighted by Crippen LogP contribution is 2.35. The van der Waals surface area contributed by atoms with Gasteiger partial charge >= 0.3 is 0 Å². The Morgan fingerprint density at radius 3 is 2.43 bits per heavy atom. The lowest BCUT2D eigenvalue weighted by Crippen LogP contribution is -2.31. The van der Waals surface area contributed by atoms with Crippen LogP contribution in [0.4, 0.5) is 0 Å². The number of thioether (sulfide) groups is 1. The first-order chi connectivity index (χ1) is 17.6. The SMILES string of the molecule is CCN(CC)S(=O)(=O)c1cccc(-c2nn(-c3ccccc3)cc2/C=C2\SC(=S)N(CC(C)C)C2=O)c1. The summed E-state index contributed by atoms with van der Waals surface area (Å²) in [6, 6.07) is 16.4. The van der Waals surface area contributed by atoms with E-state index in [1.165, 1.54) is 16.1 Å². The highest BCUT2D eigenvalue weighted by atomic mass is 32.2. The van der Waals surface area contributed by atoms with Crippen molar-refractivity contribution in [3.05, 3.63) is 71.3 Å². The molecule has 3 aromatic rings. The van der Waals surface area contributed by atoms with Crippen LogP contribution in [0.25, 0.3) is 23.0 Å². The molecule has 1 aliphatic rings. The van der Waals surface area contributed by atoms with Crippen LogP contribution in [0.5, 0.6) is 0 Å². The van der Waals surface area contributed by atoms with Gasteiger partial charge in [-0.25, -0.2) is 13.1 Å². The molecule has 0 unspecified atom stereocenters. The molecule has 1 saturated heterocycles. The van der Waals surface area contributed by atoms with Gasteiger partial charge in [0, 0.05) is 37.0 Å². The molecule has 0 N–H and O–H groups in total. The summed E-state index contributed by atoms with van der Waals surface area (Å²) in [6.07, 6.45) is 3.65. The zero-order valence-electron chi connectivity index (χ0n) is 21.3. The van der Waals surface area contributed by atoms with E-state index in [2.05, 4.69) is 0 Å². The van der Waals surface area contributed by atoms with Crippen LogP contribution in [0.2, 0.25) is 0 Å². The van der Waals surface area contributed by atoms with Gasteiger partial charge in [-0.2, -0.15) is 9.40 Å². The van der Waals surface area contributed by atoms with Crippen LogP contribution < -0.4 is 0 Å². The lowest BCUT2D eigenvalue weighted by atomic mass is 10.1. The molecule has 1 aromatic heterocycles. The lowest BCUT2D eigenvalue weighted by Gasteiger charge is -2.18. The summed E-state index contributed by atoms with van der Waals surface area (Å²) in [5.74, 6) is 0.161. The van der Waals surface area contributed by atoms with Crippen LogP contribution in [0.15, 0.2) is 70.6 Å². The van der Waals surface area contributed by atoms with Crippen LogP contribution in [-0.4, -0.2) is 57.3 Å². The van der Waals surface area contributed by atoms with Crippen molar-refractivity contribution in [3.63, 3.8) is 0 Å². The van der Waals surface area contributed by atoms with Crippen molar-refractivity contribution in [2.24, 2.45) is 5.92 Å². The van der Waals surface area contributed by atoms with Crippen molar-refractivity contribution in [1.82, 2.24) is 19.0 Å². The first-order valence-corrected chi connectivity index (χ1v) is 14.8. The summed E-state index contributed by atoms with van der Waals surface area (Å²) in [6.45, 7) is 9.06. The molecule has 194 valence electrons. The molecule has 2 aromatic carbocycles. The van der Waals surface area contributed by atoms with Gasteiger partial charge in [-0.05, 0) is 36.3 Å². The highest BCUT2D eigenvalue weighted by Gasteiger charge is 2.33. The van der Waals surface area contributed by atoms with Gasteiger partial charge in [-0.1, -0.05) is 82.0 Å². The van der Waals surface area contributed by atoms with E-state index in [-0.39, 0.29) is 16.7 Å². The maximum atomic E-state index is 13.2. The molecule has 0 radical (unpaired) electrons. The zero-order chi connectivity index (χ0) is 26.7. The summed E-state index contributed by atoms with van der Waals surface area (Å²) in [5.41, 5.74) is 2.77. The second-order valence-electron chi connectivity index (χ2n) is 9.02. The number of aromatic nitrogens is 2. The number of hydrogen-bond donors (Lipinski definition) is 0. The van der Waals surface area contributed by atoms with Gasteiger partial charge in [0.05, 0.1) is 15.5 Å². The van der Waals surface area contributed by atoms with E-state index in [4.69, 9.17) is 17.3 Å². The van der Waals surface area contributed by atoms with Crippen molar-refractivity contribution in [2.45, 2.75) is 32.6 Å². The fraction of sp³-hybridized carbons (Fsp3) is 0.296. The average molecular weight is 555 g/mol. The second kappa shape index (κ2) is 11.3. The van der Waals surface area contributed by atoms with Crippen LogP contribution in [0.3, 0.4) is 0 Å². The van der Waals surface area contributed by atoms with E-state index < -0.39 is 10.0 Å². The Morgan fingerprint density at radius 1 is 1.08 bits per heavy atom. The fourth-order valence-electron chi connectivity index (χ4n) is 4.11. The number of thiocarbonyl (C=S) groups is 1. The number of carbonyl (C=O) groups is 1. The smallest absolute Gasteiger partial charge is 0.266 e. The van der Waals surface area contributed by atoms with Crippen molar-refractivity contribution < 1.29 is 13.2 Å². The quantitative estimate of drug-likeness (QED) is 0.260. The van der Waals surface area contributed by atoms with Gasteiger partial charge < -0.3 is 0 Å². The molecular formula is C27H30N4O3S3. The minimum absolute atomic E-state index is 0.125. The number of rotatable bonds is 9. The van der Waals surface area contributed by atoms with Gasteiger partial charge in [0.1, 0.15) is 10.0 Å². The Labute approximate surface area is 228 Å². The monoisotopic (exact) mass is 554 g/mol. The summed E-state index contributed by atoms with van der Waals surface area (Å²) in [5, 5.41) is 4.81. The summed E-state index contributed by atoms with van der Waals surface area (Å²) in [4.78, 5) is 15.5. The van der Waals surface area contributed by atoms with Gasteiger partial charge in [0.2, 0.25) is 10.0 Å². The number of carbonyl (C=O) groups excluding carboxylic acids is 1. The predicted octanol–water partition coefficient (Wildman–Crippen LogP) is 5.43. The molecule has 0 atom stereocenters. The molecule has 37 heavy (non-hydrogen) atoms. The Bertz CT molecular complexity index is 1440. The largest absolute Gasteiger partial charge is 0.293 e. The molecule has 1 amide bonds. The molecule has 2 heterocycles. The van der Waals surface area contributed by atoms with Crippen molar-refractivity contribution in [1.29, 1.82) is 0 Å². The third kappa shape index (κ3) is 5.72.